The van der Waals surface area contributed by atoms with Gasteiger partial charge >= 0.3 is 0 Å². The first-order valence-electron chi connectivity index (χ1n) is 8.50. The van der Waals surface area contributed by atoms with Crippen molar-refractivity contribution in [2.24, 2.45) is 10.9 Å². The number of hydrogen-bond acceptors (Lipinski definition) is 3. The summed E-state index contributed by atoms with van der Waals surface area (Å²) in [7, 11) is 1.86. The molecule has 1 N–H and O–H groups in total. The summed E-state index contributed by atoms with van der Waals surface area (Å²) >= 11 is 0. The Labute approximate surface area is 145 Å². The zero-order chi connectivity index (χ0) is 17.7. The molecule has 24 heavy (non-hydrogen) atoms. The molecule has 1 aromatic rings. The lowest BCUT2D eigenvalue weighted by Crippen LogP contribution is -2.28. The van der Waals surface area contributed by atoms with E-state index in [4.69, 9.17) is 0 Å². The molecule has 0 fully saturated rings. The molecule has 0 bridgehead atoms. The maximum Gasteiger partial charge on any atom is 0.253 e. The summed E-state index contributed by atoms with van der Waals surface area (Å²) in [4.78, 5) is 18.7. The molecule has 0 spiro atoms. The molecular formula is C20H27N3O. The van der Waals surface area contributed by atoms with Gasteiger partial charge in [-0.05, 0) is 42.7 Å². The van der Waals surface area contributed by atoms with Gasteiger partial charge in [0.15, 0.2) is 0 Å². The lowest BCUT2D eigenvalue weighted by molar-refractivity contribution is 0.0792. The highest BCUT2D eigenvalue weighted by atomic mass is 16.2. The molecule has 1 aliphatic rings. The number of aryl methyl sites for hydroxylation is 1. The van der Waals surface area contributed by atoms with Crippen LogP contribution in [-0.2, 0) is 0 Å². The van der Waals surface area contributed by atoms with Crippen LogP contribution >= 0.6 is 0 Å². The summed E-state index contributed by atoms with van der Waals surface area (Å²) in [5.41, 5.74) is 3.59. The minimum atomic E-state index is 0.0727. The zero-order valence-electron chi connectivity index (χ0n) is 15.1. The Balaban J connectivity index is 2.12. The number of amides is 1. The second kappa shape index (κ2) is 7.95. The maximum absolute atomic E-state index is 12.5. The van der Waals surface area contributed by atoms with E-state index in [2.05, 4.69) is 30.7 Å². The van der Waals surface area contributed by atoms with Crippen molar-refractivity contribution in [2.75, 3.05) is 18.9 Å². The molecule has 1 unspecified atom stereocenters. The van der Waals surface area contributed by atoms with Crippen molar-refractivity contribution in [1.82, 2.24) is 4.90 Å². The highest BCUT2D eigenvalue weighted by Crippen LogP contribution is 2.21. The number of anilines is 1. The van der Waals surface area contributed by atoms with Crippen LogP contribution in [0.2, 0.25) is 0 Å². The Bertz CT molecular complexity index is 688. The van der Waals surface area contributed by atoms with E-state index in [1.54, 1.807) is 11.1 Å². The number of allylic oxidation sites excluding steroid dienone is 1. The number of aliphatic imine (C=N–C) groups is 1. The number of unbranched alkanes of at least 4 members (excludes halogenated alkanes) is 1. The third-order valence-electron chi connectivity index (χ3n) is 4.35. The minimum Gasteiger partial charge on any atom is -0.342 e. The number of amidine groups is 1. The van der Waals surface area contributed by atoms with Crippen molar-refractivity contribution >= 4 is 17.4 Å². The molecule has 1 aliphatic heterocycles. The lowest BCUT2D eigenvalue weighted by Gasteiger charge is -2.20. The average molecular weight is 325 g/mol. The molecule has 1 amide bonds. The van der Waals surface area contributed by atoms with Crippen LogP contribution in [0.4, 0.5) is 5.69 Å². The number of hydrogen-bond donors (Lipinski definition) is 1. The second-order valence-electron chi connectivity index (χ2n) is 6.37. The number of carbonyl (C=O) groups is 1. The Kier molecular flexibility index (Phi) is 5.96. The van der Waals surface area contributed by atoms with E-state index in [9.17, 15) is 4.79 Å². The van der Waals surface area contributed by atoms with E-state index in [1.807, 2.05) is 38.2 Å². The van der Waals surface area contributed by atoms with Crippen LogP contribution in [0.3, 0.4) is 0 Å². The van der Waals surface area contributed by atoms with Crippen LogP contribution in [-0.4, -0.2) is 30.2 Å². The Hall–Kier alpha value is -2.36. The number of benzene rings is 1. The van der Waals surface area contributed by atoms with Crippen molar-refractivity contribution in [1.29, 1.82) is 0 Å². The molecule has 1 heterocycles. The van der Waals surface area contributed by atoms with Gasteiger partial charge < -0.3 is 10.2 Å². The van der Waals surface area contributed by atoms with Gasteiger partial charge in [-0.25, -0.2) is 4.99 Å². The van der Waals surface area contributed by atoms with Gasteiger partial charge in [-0.3, -0.25) is 4.79 Å². The maximum atomic E-state index is 12.5. The Morgan fingerprint density at radius 1 is 1.42 bits per heavy atom. The quantitative estimate of drug-likeness (QED) is 0.872. The van der Waals surface area contributed by atoms with Crippen LogP contribution in [0.25, 0.3) is 0 Å². The summed E-state index contributed by atoms with van der Waals surface area (Å²) in [6.07, 6.45) is 5.93. The van der Waals surface area contributed by atoms with Crippen molar-refractivity contribution in [3.05, 3.63) is 53.8 Å². The van der Waals surface area contributed by atoms with E-state index in [1.165, 1.54) is 0 Å². The number of rotatable bonds is 5. The molecule has 0 radical (unpaired) electrons. The first kappa shape index (κ1) is 18.0. The molecule has 0 saturated heterocycles. The highest BCUT2D eigenvalue weighted by Gasteiger charge is 2.16. The van der Waals surface area contributed by atoms with Gasteiger partial charge in [0.25, 0.3) is 5.91 Å². The summed E-state index contributed by atoms with van der Waals surface area (Å²) in [6, 6.07) is 5.79. The molecule has 128 valence electrons. The fourth-order valence-corrected chi connectivity index (χ4v) is 2.59. The van der Waals surface area contributed by atoms with Crippen LogP contribution < -0.4 is 5.32 Å². The van der Waals surface area contributed by atoms with Crippen molar-refractivity contribution in [3.8, 4) is 0 Å². The average Bonchev–Trinajstić information content (AvgIpc) is 2.56. The third-order valence-corrected chi connectivity index (χ3v) is 4.35. The predicted molar refractivity (Wildman–Crippen MR) is 102 cm³/mol. The minimum absolute atomic E-state index is 0.0727. The van der Waals surface area contributed by atoms with Gasteiger partial charge in [-0.15, -0.1) is 0 Å². The molecule has 4 nitrogen and oxygen atoms in total. The molecule has 1 aromatic carbocycles. The van der Waals surface area contributed by atoms with E-state index in [-0.39, 0.29) is 11.8 Å². The standard InChI is InChI=1S/C20H27N3O/c1-6-7-12-23(5)20(24)18-9-8-17(13-15(18)3)22-19-16(4)14(2)10-11-21-19/h8-11,13-14H,4,6-7,12H2,1-3,5H3,(H,21,22). The topological polar surface area (TPSA) is 44.7 Å². The molecule has 2 rings (SSSR count). The van der Waals surface area contributed by atoms with E-state index >= 15 is 0 Å². The van der Waals surface area contributed by atoms with Crippen molar-refractivity contribution in [3.63, 3.8) is 0 Å². The van der Waals surface area contributed by atoms with Gasteiger partial charge in [-0.1, -0.05) is 32.9 Å². The highest BCUT2D eigenvalue weighted by molar-refractivity contribution is 6.09. The number of nitrogens with zero attached hydrogens (tertiary/aromatic N) is 2. The second-order valence-corrected chi connectivity index (χ2v) is 6.37. The van der Waals surface area contributed by atoms with Crippen LogP contribution in [0.15, 0.2) is 47.6 Å². The summed E-state index contributed by atoms with van der Waals surface area (Å²) in [5, 5.41) is 3.31. The molecule has 0 aliphatic carbocycles. The van der Waals surface area contributed by atoms with Crippen LogP contribution in [0.5, 0.6) is 0 Å². The largest absolute Gasteiger partial charge is 0.342 e. The van der Waals surface area contributed by atoms with Gasteiger partial charge in [-0.2, -0.15) is 0 Å². The molecule has 4 heteroatoms. The van der Waals surface area contributed by atoms with Crippen molar-refractivity contribution in [2.45, 2.75) is 33.6 Å². The molecular weight excluding hydrogens is 298 g/mol. The van der Waals surface area contributed by atoms with Crippen LogP contribution in [0.1, 0.15) is 42.6 Å². The molecule has 1 atom stereocenters. The zero-order valence-corrected chi connectivity index (χ0v) is 15.1. The number of carbonyl (C=O) groups excluding carboxylic acids is 1. The van der Waals surface area contributed by atoms with Gasteiger partial charge in [0.05, 0.1) is 0 Å². The van der Waals surface area contributed by atoms with Gasteiger partial charge in [0.2, 0.25) is 0 Å². The third kappa shape index (κ3) is 4.13. The summed E-state index contributed by atoms with van der Waals surface area (Å²) < 4.78 is 0. The first-order chi connectivity index (χ1) is 11.4. The normalized spacial score (nSPS) is 16.8. The van der Waals surface area contributed by atoms with E-state index in [0.717, 1.165) is 47.6 Å². The monoisotopic (exact) mass is 325 g/mol. The van der Waals surface area contributed by atoms with Crippen molar-refractivity contribution < 1.29 is 4.79 Å². The number of nitrogens with one attached hydrogen (secondary N) is 1. The lowest BCUT2D eigenvalue weighted by atomic mass is 9.99. The van der Waals surface area contributed by atoms with Crippen LogP contribution in [0, 0.1) is 12.8 Å². The van der Waals surface area contributed by atoms with Gasteiger partial charge in [0, 0.05) is 37.0 Å². The fourth-order valence-electron chi connectivity index (χ4n) is 2.59. The molecule has 0 saturated carbocycles. The summed E-state index contributed by atoms with van der Waals surface area (Å²) in [6.45, 7) is 11.1. The summed E-state index contributed by atoms with van der Waals surface area (Å²) in [5.74, 6) is 1.13. The fraction of sp³-hybridized carbons (Fsp3) is 0.400. The Morgan fingerprint density at radius 2 is 2.17 bits per heavy atom. The predicted octanol–water partition coefficient (Wildman–Crippen LogP) is 4.40. The first-order valence-corrected chi connectivity index (χ1v) is 8.50. The Morgan fingerprint density at radius 3 is 2.83 bits per heavy atom. The SMILES string of the molecule is C=C1C(Nc2ccc(C(=O)N(C)CCCC)c(C)c2)=NC=CC1C. The van der Waals surface area contributed by atoms with E-state index < -0.39 is 0 Å². The van der Waals surface area contributed by atoms with Gasteiger partial charge in [0.1, 0.15) is 5.84 Å². The smallest absolute Gasteiger partial charge is 0.253 e. The van der Waals surface area contributed by atoms with E-state index in [0.29, 0.717) is 0 Å². The molecule has 0 aromatic heterocycles.